The molecule has 12 nitrogen and oxygen atoms in total. The predicted molar refractivity (Wildman–Crippen MR) is 163 cm³/mol. The van der Waals surface area contributed by atoms with Gasteiger partial charge in [0.2, 0.25) is 6.29 Å². The van der Waals surface area contributed by atoms with Gasteiger partial charge in [0.25, 0.3) is 5.79 Å². The molecule has 15 atom stereocenters. The second-order valence-electron chi connectivity index (χ2n) is 15.9. The molecule has 5 aliphatic heterocycles. The van der Waals surface area contributed by atoms with Crippen molar-refractivity contribution in [3.8, 4) is 0 Å². The molecule has 1 aromatic rings. The van der Waals surface area contributed by atoms with E-state index in [4.69, 9.17) is 33.2 Å². The highest BCUT2D eigenvalue weighted by Crippen LogP contribution is 2.82. The summed E-state index contributed by atoms with van der Waals surface area (Å²) in [5.74, 6) is -6.02. The first kappa shape index (κ1) is 31.2. The monoisotopic (exact) mass is 666 g/mol. The molecule has 1 spiro atoms. The number of hydrogen-bond donors (Lipinski definition) is 3. The van der Waals surface area contributed by atoms with Crippen molar-refractivity contribution >= 4 is 18.0 Å². The lowest BCUT2D eigenvalue weighted by atomic mass is 9.38. The van der Waals surface area contributed by atoms with E-state index in [1.165, 1.54) is 19.4 Å². The molecule has 0 aromatic heterocycles. The molecule has 0 amide bonds. The van der Waals surface area contributed by atoms with Crippen LogP contribution in [0.5, 0.6) is 0 Å². The van der Waals surface area contributed by atoms with Gasteiger partial charge >= 0.3 is 11.9 Å². The van der Waals surface area contributed by atoms with Crippen molar-refractivity contribution in [2.45, 2.75) is 93.3 Å². The van der Waals surface area contributed by atoms with E-state index in [0.29, 0.717) is 12.8 Å². The maximum absolute atomic E-state index is 13.8. The highest BCUT2D eigenvalue weighted by molar-refractivity contribution is 5.87. The second-order valence-corrected chi connectivity index (χ2v) is 15.9. The van der Waals surface area contributed by atoms with Crippen LogP contribution in [0, 0.1) is 34.0 Å². The Morgan fingerprint density at radius 1 is 1.06 bits per heavy atom. The molecule has 3 aliphatic carbocycles. The van der Waals surface area contributed by atoms with Gasteiger partial charge in [-0.2, -0.15) is 0 Å². The van der Waals surface area contributed by atoms with Gasteiger partial charge in [0.1, 0.15) is 17.3 Å². The van der Waals surface area contributed by atoms with E-state index in [0.717, 1.165) is 5.56 Å². The number of aliphatic hydroxyl groups is 3. The SMILES string of the molecule is COC(=O)[C@@]1(O)OCC23C4C(C[C@@](C)([C@@]56O[C@]5(C)C5CC6O[C@H]6OC=C[C@]56O)C21)OC[C@]4(C)[C@H](O)C[C@H]3OC(=O)/C=C/c1ccccc1. The van der Waals surface area contributed by atoms with Gasteiger partial charge in [-0.25, -0.2) is 9.59 Å². The summed E-state index contributed by atoms with van der Waals surface area (Å²) in [5.41, 5.74) is -5.83. The number of benzene rings is 1. The fourth-order valence-electron chi connectivity index (χ4n) is 12.3. The Hall–Kier alpha value is -2.84. The molecule has 6 unspecified atom stereocenters. The Morgan fingerprint density at radius 2 is 1.83 bits per heavy atom. The molecule has 3 N–H and O–H groups in total. The maximum Gasteiger partial charge on any atom is 0.366 e. The van der Waals surface area contributed by atoms with E-state index in [1.54, 1.807) is 12.2 Å². The van der Waals surface area contributed by atoms with E-state index in [1.807, 2.05) is 51.1 Å². The molecule has 5 heterocycles. The number of carbonyl (C=O) groups excluding carboxylic acids is 2. The van der Waals surface area contributed by atoms with Crippen LogP contribution in [-0.2, 0) is 42.7 Å². The van der Waals surface area contributed by atoms with Crippen molar-refractivity contribution in [2.24, 2.45) is 34.0 Å². The minimum atomic E-state index is -2.47. The lowest BCUT2D eigenvalue weighted by Crippen LogP contribution is -2.74. The first-order valence-electron chi connectivity index (χ1n) is 16.8. The highest BCUT2D eigenvalue weighted by atomic mass is 16.7. The van der Waals surface area contributed by atoms with E-state index < -0.39 is 99.2 Å². The molecule has 48 heavy (non-hydrogen) atoms. The van der Waals surface area contributed by atoms with Crippen LogP contribution < -0.4 is 0 Å². The normalized spacial score (nSPS) is 55.0. The van der Waals surface area contributed by atoms with Crippen LogP contribution in [-0.4, -0.2) is 101 Å². The number of methoxy groups -OCH3 is 1. The van der Waals surface area contributed by atoms with Crippen LogP contribution in [0.2, 0.25) is 0 Å². The third-order valence-electron chi connectivity index (χ3n) is 14.0. The van der Waals surface area contributed by atoms with E-state index >= 15 is 0 Å². The van der Waals surface area contributed by atoms with Gasteiger partial charge in [-0.3, -0.25) is 0 Å². The quantitative estimate of drug-likeness (QED) is 0.238. The standard InChI is InChI=1S/C36H42O12/c1-30-17-44-20-16-31(2,36-24-14-21(32(36,3)48-36)34(40)12-13-43-29(34)47-24)27-33(26(20)30,18-45-35(27,41)28(39)42-4)23(15-22(30)37)46-25(38)11-10-19-8-6-5-7-9-19/h5-13,20-24,26-27,29,37,40-41H,14-18H2,1-4H3/b11-10+/t20?,21?,22-,23-,24?,26?,27?,29-,30-,31-,32-,33?,34+,35+,36-/m1/s1. The molecule has 7 fully saturated rings. The largest absolute Gasteiger partial charge is 0.469 e. The predicted octanol–water partition coefficient (Wildman–Crippen LogP) is 1.85. The smallest absolute Gasteiger partial charge is 0.366 e. The number of epoxide rings is 1. The number of aliphatic hydroxyl groups excluding tert-OH is 1. The van der Waals surface area contributed by atoms with Crippen LogP contribution in [0.25, 0.3) is 6.08 Å². The lowest BCUT2D eigenvalue weighted by Gasteiger charge is -2.64. The molecular weight excluding hydrogens is 624 g/mol. The van der Waals surface area contributed by atoms with Crippen molar-refractivity contribution in [1.29, 1.82) is 0 Å². The van der Waals surface area contributed by atoms with E-state index in [9.17, 15) is 24.9 Å². The number of rotatable bonds is 5. The number of esters is 2. The Balaban J connectivity index is 1.20. The topological polar surface area (TPSA) is 163 Å². The Labute approximate surface area is 277 Å². The minimum Gasteiger partial charge on any atom is -0.469 e. The van der Waals surface area contributed by atoms with Gasteiger partial charge in [-0.15, -0.1) is 0 Å². The molecule has 9 rings (SSSR count). The summed E-state index contributed by atoms with van der Waals surface area (Å²) in [6.45, 7) is 5.93. The zero-order chi connectivity index (χ0) is 33.7. The fraction of sp³-hybridized carbons (Fsp3) is 0.667. The molecule has 8 aliphatic rings. The number of carbonyl (C=O) groups is 2. The van der Waals surface area contributed by atoms with Crippen molar-refractivity contribution in [2.75, 3.05) is 20.3 Å². The Bertz CT molecular complexity index is 1630. The van der Waals surface area contributed by atoms with Gasteiger partial charge < -0.3 is 48.5 Å². The van der Waals surface area contributed by atoms with Crippen molar-refractivity contribution in [3.05, 3.63) is 54.3 Å². The van der Waals surface area contributed by atoms with Crippen molar-refractivity contribution in [1.82, 2.24) is 0 Å². The molecular formula is C36H42O12. The summed E-state index contributed by atoms with van der Waals surface area (Å²) >= 11 is 0. The summed E-state index contributed by atoms with van der Waals surface area (Å²) in [5, 5.41) is 36.1. The third-order valence-corrected chi connectivity index (χ3v) is 14.0. The Morgan fingerprint density at radius 3 is 2.58 bits per heavy atom. The second kappa shape index (κ2) is 9.48. The lowest BCUT2D eigenvalue weighted by molar-refractivity contribution is -0.294. The Kier molecular flexibility index (Phi) is 6.15. The molecule has 1 aromatic carbocycles. The van der Waals surface area contributed by atoms with Gasteiger partial charge in [-0.1, -0.05) is 44.2 Å². The zero-order valence-corrected chi connectivity index (χ0v) is 27.4. The van der Waals surface area contributed by atoms with E-state index in [-0.39, 0.29) is 19.6 Å². The average Bonchev–Trinajstić information content (AvgIpc) is 3.38. The molecule has 12 heteroatoms. The fourth-order valence-corrected chi connectivity index (χ4v) is 12.3. The number of ether oxygens (including phenoxy) is 7. The number of fused-ring (bicyclic) bond motifs is 7. The van der Waals surface area contributed by atoms with Crippen molar-refractivity contribution in [3.63, 3.8) is 0 Å². The van der Waals surface area contributed by atoms with Crippen LogP contribution in [0.1, 0.15) is 45.6 Å². The first-order valence-corrected chi connectivity index (χ1v) is 16.8. The molecule has 258 valence electrons. The van der Waals surface area contributed by atoms with E-state index in [2.05, 4.69) is 0 Å². The third kappa shape index (κ3) is 3.36. The summed E-state index contributed by atoms with van der Waals surface area (Å²) in [6, 6.07) is 9.33. The van der Waals surface area contributed by atoms with Gasteiger partial charge in [0, 0.05) is 46.5 Å². The van der Waals surface area contributed by atoms with Crippen LogP contribution in [0.15, 0.2) is 48.7 Å². The minimum absolute atomic E-state index is 0.0370. The maximum atomic E-state index is 13.8. The van der Waals surface area contributed by atoms with Gasteiger partial charge in [0.05, 0.1) is 44.9 Å². The van der Waals surface area contributed by atoms with Crippen LogP contribution >= 0.6 is 0 Å². The average molecular weight is 667 g/mol. The highest BCUT2D eigenvalue weighted by Gasteiger charge is 2.94. The van der Waals surface area contributed by atoms with Crippen LogP contribution in [0.3, 0.4) is 0 Å². The molecule has 0 radical (unpaired) electrons. The first-order chi connectivity index (χ1) is 22.7. The summed E-state index contributed by atoms with van der Waals surface area (Å²) in [4.78, 5) is 27.4. The summed E-state index contributed by atoms with van der Waals surface area (Å²) in [6.07, 6.45) is 3.00. The zero-order valence-electron chi connectivity index (χ0n) is 27.4. The molecule has 4 saturated heterocycles. The van der Waals surface area contributed by atoms with Crippen LogP contribution in [0.4, 0.5) is 0 Å². The summed E-state index contributed by atoms with van der Waals surface area (Å²) < 4.78 is 43.4. The summed E-state index contributed by atoms with van der Waals surface area (Å²) in [7, 11) is 1.19. The van der Waals surface area contributed by atoms with Gasteiger partial charge in [-0.05, 0) is 37.5 Å². The number of hydrogen-bond acceptors (Lipinski definition) is 12. The molecule has 2 bridgehead atoms. The van der Waals surface area contributed by atoms with Gasteiger partial charge in [0.15, 0.2) is 5.60 Å². The van der Waals surface area contributed by atoms with Crippen molar-refractivity contribution < 1.29 is 58.1 Å². The molecule has 3 saturated carbocycles.